The molecule has 1 aromatic carbocycles. The van der Waals surface area contributed by atoms with Crippen molar-refractivity contribution in [2.24, 2.45) is 5.73 Å². The summed E-state index contributed by atoms with van der Waals surface area (Å²) < 4.78 is 1.64. The van der Waals surface area contributed by atoms with E-state index in [1.807, 2.05) is 39.8 Å². The first kappa shape index (κ1) is 16.8. The fraction of sp³-hybridized carbons (Fsp3) is 0.263. The van der Waals surface area contributed by atoms with E-state index in [1.165, 1.54) is 0 Å². The van der Waals surface area contributed by atoms with Crippen molar-refractivity contribution in [1.82, 2.24) is 9.61 Å². The molecule has 0 aliphatic heterocycles. The van der Waals surface area contributed by atoms with E-state index < -0.39 is 5.91 Å². The summed E-state index contributed by atoms with van der Waals surface area (Å²) >= 11 is 0. The van der Waals surface area contributed by atoms with Crippen molar-refractivity contribution in [3.05, 3.63) is 46.8 Å². The minimum atomic E-state index is -0.602. The van der Waals surface area contributed by atoms with Gasteiger partial charge in [0.25, 0.3) is 5.91 Å². The number of carbonyl (C=O) groups excluding carboxylic acids is 1. The summed E-state index contributed by atoms with van der Waals surface area (Å²) in [7, 11) is 0. The number of carbonyl (C=O) groups is 1. The number of nitrogens with zero attached hydrogens (tertiary/aromatic N) is 2. The molecule has 0 atom stereocenters. The number of aromatic nitrogens is 2. The molecule has 0 bridgehead atoms. The number of primary amides is 1. The summed E-state index contributed by atoms with van der Waals surface area (Å²) in [5.74, 6) is -0.228. The van der Waals surface area contributed by atoms with E-state index in [2.05, 4.69) is 5.10 Å². The highest BCUT2D eigenvalue weighted by atomic mass is 16.3. The lowest BCUT2D eigenvalue weighted by Gasteiger charge is -2.16. The molecule has 130 valence electrons. The van der Waals surface area contributed by atoms with E-state index in [0.717, 1.165) is 16.8 Å². The minimum Gasteiger partial charge on any atom is -0.508 e. The number of nitrogens with two attached hydrogens (primary N) is 2. The van der Waals surface area contributed by atoms with Gasteiger partial charge in [-0.15, -0.1) is 0 Å². The van der Waals surface area contributed by atoms with Crippen LogP contribution in [0.1, 0.15) is 46.9 Å². The molecule has 0 fully saturated rings. The van der Waals surface area contributed by atoms with Crippen molar-refractivity contribution in [2.75, 3.05) is 5.73 Å². The third-order valence-electron chi connectivity index (χ3n) is 4.57. The van der Waals surface area contributed by atoms with E-state index in [0.29, 0.717) is 22.3 Å². The molecule has 0 saturated carbocycles. The number of pyridine rings is 1. The zero-order valence-electron chi connectivity index (χ0n) is 14.8. The average molecular weight is 338 g/mol. The molecule has 1 amide bonds. The van der Waals surface area contributed by atoms with Crippen LogP contribution in [0.4, 0.5) is 5.69 Å². The number of fused-ring (bicyclic) bond motifs is 1. The minimum absolute atomic E-state index is 0.170. The second kappa shape index (κ2) is 5.81. The summed E-state index contributed by atoms with van der Waals surface area (Å²) in [6, 6.07) is 5.30. The maximum Gasteiger partial charge on any atom is 0.253 e. The number of aromatic hydroxyl groups is 1. The number of hydrogen-bond donors (Lipinski definition) is 3. The monoisotopic (exact) mass is 338 g/mol. The highest BCUT2D eigenvalue weighted by Crippen LogP contribution is 2.38. The molecule has 0 aliphatic carbocycles. The Morgan fingerprint density at radius 1 is 1.28 bits per heavy atom. The number of phenolic OH excluding ortho intramolecular Hbond substituents is 1. The highest BCUT2D eigenvalue weighted by Gasteiger charge is 2.21. The lowest BCUT2D eigenvalue weighted by Crippen LogP contribution is -2.16. The number of rotatable bonds is 3. The van der Waals surface area contributed by atoms with Crippen molar-refractivity contribution in [3.8, 4) is 16.9 Å². The second-order valence-corrected chi connectivity index (χ2v) is 6.65. The number of benzene rings is 1. The molecule has 0 radical (unpaired) electrons. The van der Waals surface area contributed by atoms with Crippen LogP contribution in [-0.4, -0.2) is 20.6 Å². The van der Waals surface area contributed by atoms with Crippen LogP contribution in [0.15, 0.2) is 24.4 Å². The predicted octanol–water partition coefficient (Wildman–Crippen LogP) is 3.13. The quantitative estimate of drug-likeness (QED) is 0.682. The van der Waals surface area contributed by atoms with Gasteiger partial charge in [0, 0.05) is 11.8 Å². The van der Waals surface area contributed by atoms with Crippen LogP contribution in [0.25, 0.3) is 16.6 Å². The number of anilines is 1. The van der Waals surface area contributed by atoms with Gasteiger partial charge in [-0.3, -0.25) is 4.79 Å². The van der Waals surface area contributed by atoms with Gasteiger partial charge in [-0.1, -0.05) is 19.9 Å². The van der Waals surface area contributed by atoms with Gasteiger partial charge in [0.2, 0.25) is 0 Å². The Bertz CT molecular complexity index is 1000. The first-order valence-corrected chi connectivity index (χ1v) is 8.13. The van der Waals surface area contributed by atoms with Gasteiger partial charge >= 0.3 is 0 Å². The zero-order valence-corrected chi connectivity index (χ0v) is 14.8. The van der Waals surface area contributed by atoms with Crippen molar-refractivity contribution in [3.63, 3.8) is 0 Å². The molecule has 0 aliphatic rings. The molecule has 5 N–H and O–H groups in total. The zero-order chi connectivity index (χ0) is 18.5. The average Bonchev–Trinajstić information content (AvgIpc) is 2.95. The summed E-state index contributed by atoms with van der Waals surface area (Å²) in [6.07, 6.45) is 1.79. The molecular weight excluding hydrogens is 316 g/mol. The largest absolute Gasteiger partial charge is 0.508 e. The van der Waals surface area contributed by atoms with Gasteiger partial charge in [0.15, 0.2) is 0 Å². The molecule has 0 unspecified atom stereocenters. The number of phenols is 1. The highest BCUT2D eigenvalue weighted by molar-refractivity contribution is 6.08. The van der Waals surface area contributed by atoms with E-state index >= 15 is 0 Å². The lowest BCUT2D eigenvalue weighted by atomic mass is 9.93. The van der Waals surface area contributed by atoms with E-state index in [1.54, 1.807) is 16.8 Å². The van der Waals surface area contributed by atoms with Crippen LogP contribution in [0.5, 0.6) is 5.75 Å². The van der Waals surface area contributed by atoms with Crippen LogP contribution < -0.4 is 11.5 Å². The molecule has 6 heteroatoms. The van der Waals surface area contributed by atoms with Gasteiger partial charge in [0.05, 0.1) is 22.5 Å². The van der Waals surface area contributed by atoms with Crippen molar-refractivity contribution in [1.29, 1.82) is 0 Å². The van der Waals surface area contributed by atoms with E-state index in [4.69, 9.17) is 11.5 Å². The van der Waals surface area contributed by atoms with Crippen LogP contribution in [0.3, 0.4) is 0 Å². The Hall–Kier alpha value is -3.02. The maximum absolute atomic E-state index is 12.1. The Labute approximate surface area is 146 Å². The number of aryl methyl sites for hydroxylation is 1. The number of amides is 1. The van der Waals surface area contributed by atoms with Crippen LogP contribution in [-0.2, 0) is 0 Å². The number of nitrogen functional groups attached to an aromatic ring is 1. The fourth-order valence-electron chi connectivity index (χ4n) is 3.15. The Morgan fingerprint density at radius 3 is 2.56 bits per heavy atom. The normalized spacial score (nSPS) is 11.4. The Balaban J connectivity index is 2.43. The predicted molar refractivity (Wildman–Crippen MR) is 98.8 cm³/mol. The van der Waals surface area contributed by atoms with Gasteiger partial charge in [0.1, 0.15) is 5.75 Å². The van der Waals surface area contributed by atoms with Crippen LogP contribution >= 0.6 is 0 Å². The molecule has 0 saturated heterocycles. The van der Waals surface area contributed by atoms with Crippen LogP contribution in [0.2, 0.25) is 0 Å². The molecule has 2 aromatic heterocycles. The standard InChI is InChI=1S/C19H22N4O2/c1-9(2)13-7-14-17(19(21)25)18(20)12(8-23(14)22-13)16-10(3)5-6-15(24)11(16)4/h5-9,24H,20H2,1-4H3,(H2,21,25). The molecule has 2 heterocycles. The molecular formula is C19H22N4O2. The second-order valence-electron chi connectivity index (χ2n) is 6.65. The van der Waals surface area contributed by atoms with Gasteiger partial charge in [-0.25, -0.2) is 4.52 Å². The third kappa shape index (κ3) is 2.59. The third-order valence-corrected chi connectivity index (χ3v) is 4.57. The van der Waals surface area contributed by atoms with Crippen molar-refractivity contribution < 1.29 is 9.90 Å². The number of hydrogen-bond acceptors (Lipinski definition) is 4. The van der Waals surface area contributed by atoms with Crippen molar-refractivity contribution in [2.45, 2.75) is 33.6 Å². The summed E-state index contributed by atoms with van der Waals surface area (Å²) in [6.45, 7) is 7.80. The van der Waals surface area contributed by atoms with E-state index in [9.17, 15) is 9.90 Å². The van der Waals surface area contributed by atoms with Gasteiger partial charge in [-0.2, -0.15) is 5.10 Å². The Morgan fingerprint density at radius 2 is 1.96 bits per heavy atom. The topological polar surface area (TPSA) is 107 Å². The van der Waals surface area contributed by atoms with Gasteiger partial charge < -0.3 is 16.6 Å². The van der Waals surface area contributed by atoms with Crippen molar-refractivity contribution >= 4 is 17.1 Å². The summed E-state index contributed by atoms with van der Waals surface area (Å²) in [4.78, 5) is 12.1. The van der Waals surface area contributed by atoms with Gasteiger partial charge in [-0.05, 0) is 48.6 Å². The maximum atomic E-state index is 12.1. The molecule has 0 spiro atoms. The van der Waals surface area contributed by atoms with Crippen LogP contribution in [0, 0.1) is 13.8 Å². The molecule has 3 rings (SSSR count). The fourth-order valence-corrected chi connectivity index (χ4v) is 3.15. The molecule has 25 heavy (non-hydrogen) atoms. The summed E-state index contributed by atoms with van der Waals surface area (Å²) in [5.41, 5.74) is 17.0. The molecule has 3 aromatic rings. The van der Waals surface area contributed by atoms with E-state index in [-0.39, 0.29) is 17.2 Å². The molecule has 6 nitrogen and oxygen atoms in total. The first-order valence-electron chi connectivity index (χ1n) is 8.13. The first-order chi connectivity index (χ1) is 11.7. The smallest absolute Gasteiger partial charge is 0.253 e. The Kier molecular flexibility index (Phi) is 3.91. The SMILES string of the molecule is Cc1ccc(O)c(C)c1-c1cn2nc(C(C)C)cc2c(C(N)=O)c1N. The summed E-state index contributed by atoms with van der Waals surface area (Å²) in [5, 5.41) is 14.6. The lowest BCUT2D eigenvalue weighted by molar-refractivity contribution is 0.100.